The number of benzene rings is 1. The van der Waals surface area contributed by atoms with E-state index in [0.29, 0.717) is 12.3 Å². The molecule has 0 atom stereocenters. The van der Waals surface area contributed by atoms with Crippen molar-refractivity contribution in [3.05, 3.63) is 29.6 Å². The minimum atomic E-state index is -0.166. The summed E-state index contributed by atoms with van der Waals surface area (Å²) in [5, 5.41) is 3.85. The van der Waals surface area contributed by atoms with Crippen molar-refractivity contribution in [1.29, 1.82) is 0 Å². The van der Waals surface area contributed by atoms with Gasteiger partial charge < -0.3 is 9.74 Å². The van der Waals surface area contributed by atoms with E-state index in [1.54, 1.807) is 6.07 Å². The third-order valence-corrected chi connectivity index (χ3v) is 3.19. The van der Waals surface area contributed by atoms with Crippen LogP contribution in [0.1, 0.15) is 38.7 Å². The first kappa shape index (κ1) is 13.8. The van der Waals surface area contributed by atoms with Crippen LogP contribution in [0.4, 0.5) is 10.1 Å². The Morgan fingerprint density at radius 3 is 2.63 bits per heavy atom. The molecular weight excluding hydrogens is 243 g/mol. The first-order valence-corrected chi connectivity index (χ1v) is 6.83. The fourth-order valence-corrected chi connectivity index (χ4v) is 2.27. The van der Waals surface area contributed by atoms with E-state index in [-0.39, 0.29) is 5.82 Å². The molecular formula is C15H21FN2O. The van der Waals surface area contributed by atoms with Gasteiger partial charge >= 0.3 is 0 Å². The van der Waals surface area contributed by atoms with Crippen LogP contribution in [0.5, 0.6) is 0 Å². The standard InChI is InChI=1S/C15H21FN2O/c1-12(2)17-19-11-13-6-7-15(14(16)10-13)18-8-4-3-5-9-18/h6-7,10H,3-5,8-9,11H2,1-2H3. The molecule has 1 saturated heterocycles. The lowest BCUT2D eigenvalue weighted by Gasteiger charge is -2.29. The van der Waals surface area contributed by atoms with Crippen molar-refractivity contribution in [2.24, 2.45) is 5.16 Å². The second-order valence-corrected chi connectivity index (χ2v) is 5.15. The van der Waals surface area contributed by atoms with E-state index in [1.807, 2.05) is 26.0 Å². The summed E-state index contributed by atoms with van der Waals surface area (Å²) in [6, 6.07) is 5.31. The number of nitrogens with zero attached hydrogens (tertiary/aromatic N) is 2. The molecule has 4 heteroatoms. The van der Waals surface area contributed by atoms with Crippen molar-refractivity contribution < 1.29 is 9.23 Å². The van der Waals surface area contributed by atoms with E-state index in [1.165, 1.54) is 6.42 Å². The fourth-order valence-electron chi connectivity index (χ4n) is 2.27. The van der Waals surface area contributed by atoms with Crippen LogP contribution >= 0.6 is 0 Å². The van der Waals surface area contributed by atoms with Crippen LogP contribution in [0.2, 0.25) is 0 Å². The third kappa shape index (κ3) is 3.94. The van der Waals surface area contributed by atoms with Crippen LogP contribution in [0.15, 0.2) is 23.4 Å². The maximum absolute atomic E-state index is 14.1. The van der Waals surface area contributed by atoms with Gasteiger partial charge in [0.2, 0.25) is 0 Å². The predicted molar refractivity (Wildman–Crippen MR) is 76.0 cm³/mol. The monoisotopic (exact) mass is 264 g/mol. The second kappa shape index (κ2) is 6.55. The number of piperidine rings is 1. The number of anilines is 1. The highest BCUT2D eigenvalue weighted by Gasteiger charge is 2.14. The third-order valence-electron chi connectivity index (χ3n) is 3.19. The van der Waals surface area contributed by atoms with Gasteiger partial charge in [-0.25, -0.2) is 4.39 Å². The van der Waals surface area contributed by atoms with E-state index in [0.717, 1.165) is 37.2 Å². The molecule has 104 valence electrons. The zero-order valence-corrected chi connectivity index (χ0v) is 11.7. The number of rotatable bonds is 4. The summed E-state index contributed by atoms with van der Waals surface area (Å²) < 4.78 is 14.1. The Bertz CT molecular complexity index is 449. The van der Waals surface area contributed by atoms with Gasteiger partial charge in [-0.15, -0.1) is 0 Å². The molecule has 0 aromatic heterocycles. The molecule has 1 aromatic carbocycles. The number of hydrogen-bond acceptors (Lipinski definition) is 3. The Hall–Kier alpha value is -1.58. The summed E-state index contributed by atoms with van der Waals surface area (Å²) in [7, 11) is 0. The lowest BCUT2D eigenvalue weighted by molar-refractivity contribution is 0.130. The van der Waals surface area contributed by atoms with Crippen molar-refractivity contribution in [1.82, 2.24) is 0 Å². The van der Waals surface area contributed by atoms with E-state index >= 15 is 0 Å². The van der Waals surface area contributed by atoms with E-state index < -0.39 is 0 Å². The molecule has 1 aliphatic heterocycles. The normalized spacial score (nSPS) is 15.2. The summed E-state index contributed by atoms with van der Waals surface area (Å²) in [4.78, 5) is 7.25. The largest absolute Gasteiger partial charge is 0.391 e. The van der Waals surface area contributed by atoms with Gasteiger partial charge in [0.25, 0.3) is 0 Å². The molecule has 0 N–H and O–H groups in total. The van der Waals surface area contributed by atoms with Crippen molar-refractivity contribution in [2.75, 3.05) is 18.0 Å². The number of oxime groups is 1. The summed E-state index contributed by atoms with van der Waals surface area (Å²) in [6.45, 7) is 5.93. The molecule has 0 aliphatic carbocycles. The zero-order chi connectivity index (χ0) is 13.7. The van der Waals surface area contributed by atoms with Gasteiger partial charge in [0.05, 0.1) is 11.4 Å². The van der Waals surface area contributed by atoms with E-state index in [2.05, 4.69) is 10.1 Å². The van der Waals surface area contributed by atoms with Gasteiger partial charge in [-0.1, -0.05) is 11.2 Å². The van der Waals surface area contributed by atoms with Crippen molar-refractivity contribution >= 4 is 11.4 Å². The van der Waals surface area contributed by atoms with Gasteiger partial charge in [0.1, 0.15) is 12.4 Å². The SMILES string of the molecule is CC(C)=NOCc1ccc(N2CCCCC2)c(F)c1. The van der Waals surface area contributed by atoms with Gasteiger partial charge in [0.15, 0.2) is 0 Å². The quantitative estimate of drug-likeness (QED) is 0.611. The van der Waals surface area contributed by atoms with Crippen LogP contribution in [0, 0.1) is 5.82 Å². The Morgan fingerprint density at radius 1 is 1.26 bits per heavy atom. The molecule has 19 heavy (non-hydrogen) atoms. The minimum absolute atomic E-state index is 0.166. The molecule has 1 aromatic rings. The van der Waals surface area contributed by atoms with Crippen LogP contribution < -0.4 is 4.90 Å². The second-order valence-electron chi connectivity index (χ2n) is 5.15. The lowest BCUT2D eigenvalue weighted by Crippen LogP contribution is -2.30. The molecule has 1 aliphatic rings. The van der Waals surface area contributed by atoms with Gasteiger partial charge in [-0.05, 0) is 50.8 Å². The van der Waals surface area contributed by atoms with Crippen LogP contribution in [0.3, 0.4) is 0 Å². The highest BCUT2D eigenvalue weighted by Crippen LogP contribution is 2.24. The summed E-state index contributed by atoms with van der Waals surface area (Å²) in [5.41, 5.74) is 2.37. The van der Waals surface area contributed by atoms with E-state index in [9.17, 15) is 4.39 Å². The lowest BCUT2D eigenvalue weighted by atomic mass is 10.1. The fraction of sp³-hybridized carbons (Fsp3) is 0.533. The minimum Gasteiger partial charge on any atom is -0.391 e. The van der Waals surface area contributed by atoms with Gasteiger partial charge in [-0.3, -0.25) is 0 Å². The first-order chi connectivity index (χ1) is 9.16. The van der Waals surface area contributed by atoms with Crippen molar-refractivity contribution in [3.63, 3.8) is 0 Å². The molecule has 0 saturated carbocycles. The van der Waals surface area contributed by atoms with Crippen LogP contribution in [0.25, 0.3) is 0 Å². The highest BCUT2D eigenvalue weighted by molar-refractivity contribution is 5.78. The van der Waals surface area contributed by atoms with Gasteiger partial charge in [-0.2, -0.15) is 0 Å². The molecule has 0 amide bonds. The van der Waals surface area contributed by atoms with Crippen LogP contribution in [-0.4, -0.2) is 18.8 Å². The Kier molecular flexibility index (Phi) is 4.77. The number of hydrogen-bond donors (Lipinski definition) is 0. The molecule has 0 unspecified atom stereocenters. The Morgan fingerprint density at radius 2 is 2.00 bits per heavy atom. The molecule has 2 rings (SSSR count). The molecule has 0 spiro atoms. The average Bonchev–Trinajstić information content (AvgIpc) is 2.39. The molecule has 0 bridgehead atoms. The number of halogens is 1. The molecule has 3 nitrogen and oxygen atoms in total. The van der Waals surface area contributed by atoms with E-state index in [4.69, 9.17) is 4.84 Å². The smallest absolute Gasteiger partial charge is 0.146 e. The Labute approximate surface area is 114 Å². The van der Waals surface area contributed by atoms with Crippen molar-refractivity contribution in [2.45, 2.75) is 39.7 Å². The summed E-state index contributed by atoms with van der Waals surface area (Å²) >= 11 is 0. The van der Waals surface area contributed by atoms with Crippen LogP contribution in [-0.2, 0) is 11.4 Å². The average molecular weight is 264 g/mol. The summed E-state index contributed by atoms with van der Waals surface area (Å²) in [5.74, 6) is -0.166. The van der Waals surface area contributed by atoms with Gasteiger partial charge in [0, 0.05) is 13.1 Å². The van der Waals surface area contributed by atoms with Crippen molar-refractivity contribution in [3.8, 4) is 0 Å². The highest BCUT2D eigenvalue weighted by atomic mass is 19.1. The predicted octanol–water partition coefficient (Wildman–Crippen LogP) is 3.73. The first-order valence-electron chi connectivity index (χ1n) is 6.83. The topological polar surface area (TPSA) is 24.8 Å². The molecule has 1 heterocycles. The maximum atomic E-state index is 14.1. The zero-order valence-electron chi connectivity index (χ0n) is 11.7. The Balaban J connectivity index is 2.02. The summed E-state index contributed by atoms with van der Waals surface area (Å²) in [6.07, 6.45) is 3.54. The molecule has 1 fully saturated rings. The maximum Gasteiger partial charge on any atom is 0.146 e. The molecule has 0 radical (unpaired) electrons.